The average molecular weight is 355 g/mol. The summed E-state index contributed by atoms with van der Waals surface area (Å²) >= 11 is 0. The molecule has 4 nitrogen and oxygen atoms in total. The first-order valence-corrected chi connectivity index (χ1v) is 9.14. The van der Waals surface area contributed by atoms with Crippen molar-refractivity contribution in [3.05, 3.63) is 71.8 Å². The quantitative estimate of drug-likeness (QED) is 0.659. The molecule has 0 heterocycles. The molecule has 0 bridgehead atoms. The number of rotatable bonds is 10. The van der Waals surface area contributed by atoms with E-state index in [1.54, 1.807) is 0 Å². The maximum Gasteiger partial charge on any atom is 0.305 e. The van der Waals surface area contributed by atoms with E-state index in [2.05, 4.69) is 36.1 Å². The van der Waals surface area contributed by atoms with Gasteiger partial charge in [0.1, 0.15) is 0 Å². The minimum Gasteiger partial charge on any atom is -0.469 e. The summed E-state index contributed by atoms with van der Waals surface area (Å²) < 4.78 is 4.73. The molecule has 26 heavy (non-hydrogen) atoms. The van der Waals surface area contributed by atoms with Gasteiger partial charge in [0, 0.05) is 32.2 Å². The zero-order chi connectivity index (χ0) is 18.8. The Morgan fingerprint density at radius 1 is 1.08 bits per heavy atom. The van der Waals surface area contributed by atoms with Gasteiger partial charge in [0.25, 0.3) is 0 Å². The first-order valence-electron chi connectivity index (χ1n) is 9.14. The fraction of sp³-hybridized carbons (Fsp3) is 0.409. The minimum atomic E-state index is -0.228. The smallest absolute Gasteiger partial charge is 0.305 e. The second-order valence-electron chi connectivity index (χ2n) is 6.67. The highest BCUT2D eigenvalue weighted by Gasteiger charge is 2.21. The number of ether oxygens (including phenoxy) is 1. The van der Waals surface area contributed by atoms with Crippen LogP contribution in [0.5, 0.6) is 0 Å². The number of aliphatic hydroxyl groups is 1. The number of nitrogens with zero attached hydrogens (tertiary/aromatic N) is 1. The molecule has 2 rings (SSSR count). The number of benzene rings is 2. The Kier molecular flexibility index (Phi) is 8.32. The summed E-state index contributed by atoms with van der Waals surface area (Å²) in [6.45, 7) is 3.76. The Hall–Kier alpha value is -2.17. The van der Waals surface area contributed by atoms with E-state index in [1.165, 1.54) is 18.2 Å². The van der Waals surface area contributed by atoms with Crippen molar-refractivity contribution in [1.82, 2.24) is 4.90 Å². The first-order chi connectivity index (χ1) is 12.6. The van der Waals surface area contributed by atoms with Gasteiger partial charge >= 0.3 is 5.97 Å². The largest absolute Gasteiger partial charge is 0.469 e. The molecule has 0 aliphatic rings. The van der Waals surface area contributed by atoms with Gasteiger partial charge in [0.05, 0.1) is 7.11 Å². The number of methoxy groups -OCH3 is 1. The molecule has 0 saturated heterocycles. The Morgan fingerprint density at radius 3 is 2.27 bits per heavy atom. The van der Waals surface area contributed by atoms with Crippen LogP contribution in [0.25, 0.3) is 0 Å². The topological polar surface area (TPSA) is 49.8 Å². The summed E-state index contributed by atoms with van der Waals surface area (Å²) in [6, 6.07) is 20.9. The molecule has 2 aromatic carbocycles. The fourth-order valence-electron chi connectivity index (χ4n) is 3.12. The molecule has 0 aromatic heterocycles. The van der Waals surface area contributed by atoms with Gasteiger partial charge in [-0.05, 0) is 30.4 Å². The van der Waals surface area contributed by atoms with E-state index in [9.17, 15) is 9.90 Å². The number of aliphatic hydroxyl groups excluding tert-OH is 1. The predicted octanol–water partition coefficient (Wildman–Crippen LogP) is 3.81. The number of hydrogen-bond acceptors (Lipinski definition) is 4. The third-order valence-corrected chi connectivity index (χ3v) is 4.79. The maximum atomic E-state index is 11.4. The van der Waals surface area contributed by atoms with Crippen molar-refractivity contribution in [2.45, 2.75) is 32.4 Å². The van der Waals surface area contributed by atoms with Crippen molar-refractivity contribution in [3.8, 4) is 0 Å². The zero-order valence-electron chi connectivity index (χ0n) is 15.7. The van der Waals surface area contributed by atoms with Crippen molar-refractivity contribution in [3.63, 3.8) is 0 Å². The lowest BCUT2D eigenvalue weighted by Crippen LogP contribution is -2.33. The lowest BCUT2D eigenvalue weighted by molar-refractivity contribution is -0.141. The van der Waals surface area contributed by atoms with Gasteiger partial charge in [-0.2, -0.15) is 0 Å². The highest BCUT2D eigenvalue weighted by Crippen LogP contribution is 2.24. The highest BCUT2D eigenvalue weighted by molar-refractivity contribution is 5.69. The molecule has 4 heteroatoms. The molecule has 0 fully saturated rings. The van der Waals surface area contributed by atoms with E-state index in [0.29, 0.717) is 12.8 Å². The number of hydrogen-bond donors (Lipinski definition) is 1. The third-order valence-electron chi connectivity index (χ3n) is 4.79. The fourth-order valence-corrected chi connectivity index (χ4v) is 3.12. The third kappa shape index (κ3) is 6.28. The van der Waals surface area contributed by atoms with Crippen LogP contribution in [0, 0.1) is 5.92 Å². The Morgan fingerprint density at radius 2 is 1.69 bits per heavy atom. The Bertz CT molecular complexity index is 645. The Labute approximate surface area is 156 Å². The van der Waals surface area contributed by atoms with Crippen LogP contribution in [-0.2, 0) is 16.1 Å². The average Bonchev–Trinajstić information content (AvgIpc) is 2.70. The molecule has 0 aliphatic carbocycles. The van der Waals surface area contributed by atoms with Gasteiger partial charge in [0.15, 0.2) is 0 Å². The number of carbonyl (C=O) groups is 1. The zero-order valence-corrected chi connectivity index (χ0v) is 15.7. The molecular weight excluding hydrogens is 326 g/mol. The van der Waals surface area contributed by atoms with E-state index >= 15 is 0 Å². The molecule has 2 atom stereocenters. The molecule has 0 spiro atoms. The van der Waals surface area contributed by atoms with Crippen LogP contribution in [-0.4, -0.2) is 36.2 Å². The van der Waals surface area contributed by atoms with E-state index in [1.807, 2.05) is 36.4 Å². The van der Waals surface area contributed by atoms with Crippen molar-refractivity contribution >= 4 is 5.97 Å². The van der Waals surface area contributed by atoms with Crippen LogP contribution >= 0.6 is 0 Å². The second-order valence-corrected chi connectivity index (χ2v) is 6.67. The lowest BCUT2D eigenvalue weighted by atomic mass is 10.00. The van der Waals surface area contributed by atoms with Crippen molar-refractivity contribution in [1.29, 1.82) is 0 Å². The molecular formula is C22H29NO3. The first kappa shape index (κ1) is 20.1. The molecule has 1 N–H and O–H groups in total. The molecule has 0 radical (unpaired) electrons. The molecule has 0 amide bonds. The predicted molar refractivity (Wildman–Crippen MR) is 104 cm³/mol. The second kappa shape index (κ2) is 10.7. The summed E-state index contributed by atoms with van der Waals surface area (Å²) in [4.78, 5) is 13.8. The van der Waals surface area contributed by atoms with E-state index in [4.69, 9.17) is 4.74 Å². The lowest BCUT2D eigenvalue weighted by Gasteiger charge is -2.32. The standard InChI is InChI=1S/C22H29NO3/c1-18(21-11-7-4-8-12-21)23(15-19-9-5-3-6-10-19)16-20(17-24)13-14-22(25)26-2/h3-12,18,20,24H,13-17H2,1-2H3/t18-,20-/m1/s1. The summed E-state index contributed by atoms with van der Waals surface area (Å²) in [6.07, 6.45) is 0.955. The summed E-state index contributed by atoms with van der Waals surface area (Å²) in [5.41, 5.74) is 2.48. The van der Waals surface area contributed by atoms with Gasteiger partial charge in [-0.1, -0.05) is 60.7 Å². The van der Waals surface area contributed by atoms with Gasteiger partial charge in [0.2, 0.25) is 0 Å². The highest BCUT2D eigenvalue weighted by atomic mass is 16.5. The van der Waals surface area contributed by atoms with Crippen LogP contribution in [0.4, 0.5) is 0 Å². The van der Waals surface area contributed by atoms with Crippen LogP contribution < -0.4 is 0 Å². The van der Waals surface area contributed by atoms with E-state index in [0.717, 1.165) is 13.1 Å². The molecule has 0 aliphatic heterocycles. The van der Waals surface area contributed by atoms with Crippen molar-refractivity contribution in [2.24, 2.45) is 5.92 Å². The monoisotopic (exact) mass is 355 g/mol. The maximum absolute atomic E-state index is 11.4. The van der Waals surface area contributed by atoms with E-state index < -0.39 is 0 Å². The summed E-state index contributed by atoms with van der Waals surface area (Å²) in [5.74, 6) is -0.196. The van der Waals surface area contributed by atoms with Gasteiger partial charge in [-0.15, -0.1) is 0 Å². The molecule has 140 valence electrons. The van der Waals surface area contributed by atoms with Crippen LogP contribution in [0.3, 0.4) is 0 Å². The summed E-state index contributed by atoms with van der Waals surface area (Å²) in [5, 5.41) is 9.80. The van der Waals surface area contributed by atoms with Crippen LogP contribution in [0.2, 0.25) is 0 Å². The van der Waals surface area contributed by atoms with Crippen molar-refractivity contribution in [2.75, 3.05) is 20.3 Å². The normalized spacial score (nSPS) is 13.4. The minimum absolute atomic E-state index is 0.0315. The number of carbonyl (C=O) groups excluding carboxylic acids is 1. The summed E-state index contributed by atoms with van der Waals surface area (Å²) in [7, 11) is 1.40. The molecule has 0 unspecified atom stereocenters. The van der Waals surface area contributed by atoms with Crippen LogP contribution in [0.15, 0.2) is 60.7 Å². The van der Waals surface area contributed by atoms with Crippen molar-refractivity contribution < 1.29 is 14.6 Å². The molecule has 2 aromatic rings. The van der Waals surface area contributed by atoms with Gasteiger partial charge in [-0.25, -0.2) is 0 Å². The van der Waals surface area contributed by atoms with Gasteiger partial charge < -0.3 is 9.84 Å². The Balaban J connectivity index is 2.12. The SMILES string of the molecule is COC(=O)CC[C@@H](CO)CN(Cc1ccccc1)[C@H](C)c1ccccc1. The van der Waals surface area contributed by atoms with Crippen LogP contribution in [0.1, 0.15) is 36.9 Å². The van der Waals surface area contributed by atoms with E-state index in [-0.39, 0.29) is 24.5 Å². The van der Waals surface area contributed by atoms with Gasteiger partial charge in [-0.3, -0.25) is 9.69 Å². The molecule has 0 saturated carbocycles. The number of esters is 1.